The summed E-state index contributed by atoms with van der Waals surface area (Å²) in [6.45, 7) is 6.33. The number of benzene rings is 2. The van der Waals surface area contributed by atoms with Crippen molar-refractivity contribution in [3.05, 3.63) is 64.2 Å². The predicted molar refractivity (Wildman–Crippen MR) is 131 cm³/mol. The van der Waals surface area contributed by atoms with Crippen LogP contribution in [0.2, 0.25) is 5.02 Å². The summed E-state index contributed by atoms with van der Waals surface area (Å²) < 4.78 is 5.24. The van der Waals surface area contributed by atoms with Gasteiger partial charge in [-0.05, 0) is 68.4 Å². The fourth-order valence-corrected chi connectivity index (χ4v) is 3.93. The number of hydrogen-bond donors (Lipinski definition) is 2. The number of hydrogen-bond acceptors (Lipinski definition) is 6. The molecule has 1 saturated heterocycles. The van der Waals surface area contributed by atoms with Gasteiger partial charge in [-0.2, -0.15) is 5.26 Å². The Hall–Kier alpha value is -3.05. The molecule has 2 aliphatic rings. The third-order valence-electron chi connectivity index (χ3n) is 5.60. The van der Waals surface area contributed by atoms with Gasteiger partial charge in [-0.3, -0.25) is 4.90 Å². The van der Waals surface area contributed by atoms with Gasteiger partial charge in [0.1, 0.15) is 12.4 Å². The van der Waals surface area contributed by atoms with E-state index < -0.39 is 5.97 Å². The van der Waals surface area contributed by atoms with Gasteiger partial charge < -0.3 is 20.5 Å². The minimum atomic E-state index is -0.962. The van der Waals surface area contributed by atoms with Crippen LogP contribution in [0.25, 0.3) is 6.08 Å². The number of ether oxygens (including phenoxy) is 1. The maximum atomic E-state index is 10.7. The van der Waals surface area contributed by atoms with Crippen LogP contribution in [0.1, 0.15) is 24.0 Å². The number of anilines is 1. The van der Waals surface area contributed by atoms with Gasteiger partial charge in [0.15, 0.2) is 0 Å². The third-order valence-corrected chi connectivity index (χ3v) is 5.84. The molecule has 1 fully saturated rings. The molecule has 3 N–H and O–H groups in total. The number of nitrogens with two attached hydrogens (primary N) is 1. The number of aliphatic carboxylic acids is 1. The van der Waals surface area contributed by atoms with Crippen molar-refractivity contribution in [2.24, 2.45) is 5.73 Å². The lowest BCUT2D eigenvalue weighted by atomic mass is 10.1. The molecule has 2 aromatic rings. The molecule has 2 heterocycles. The molecule has 0 aromatic heterocycles. The van der Waals surface area contributed by atoms with Gasteiger partial charge in [-0.25, -0.2) is 4.79 Å². The summed E-state index contributed by atoms with van der Waals surface area (Å²) in [5, 5.41) is 18.3. The molecular weight excluding hydrogens is 440 g/mol. The van der Waals surface area contributed by atoms with Crippen LogP contribution in [0, 0.1) is 11.3 Å². The lowest BCUT2D eigenvalue weighted by Crippen LogP contribution is -2.46. The van der Waals surface area contributed by atoms with Crippen LogP contribution in [0.5, 0.6) is 5.75 Å². The van der Waals surface area contributed by atoms with E-state index in [9.17, 15) is 4.79 Å². The highest BCUT2D eigenvalue weighted by Gasteiger charge is 2.17. The van der Waals surface area contributed by atoms with E-state index in [1.165, 1.54) is 12.1 Å². The second kappa shape index (κ2) is 12.3. The summed E-state index contributed by atoms with van der Waals surface area (Å²) in [6.07, 6.45) is 3.89. The standard InChI is InChI=1S/C15H22N4.C10H7ClO3/c16-6-1-2-7-18-8-10-19(11-9-18)15-5-3-4-14(12-15)13-17;11-8-1-2-9-6(4-8)3-7(5-14-9)10(12)13/h3-5,12H,1-2,6-11,16H2;1-4H,5H2,(H,12,13). The number of nitrogens with zero attached hydrogens (tertiary/aromatic N) is 3. The molecule has 174 valence electrons. The van der Waals surface area contributed by atoms with Gasteiger partial charge in [0.25, 0.3) is 0 Å². The minimum absolute atomic E-state index is 0.101. The second-order valence-electron chi connectivity index (χ2n) is 7.93. The fraction of sp³-hybridized carbons (Fsp3) is 0.360. The van der Waals surface area contributed by atoms with E-state index in [1.54, 1.807) is 24.3 Å². The lowest BCUT2D eigenvalue weighted by molar-refractivity contribution is -0.132. The van der Waals surface area contributed by atoms with Crippen LogP contribution < -0.4 is 15.4 Å². The van der Waals surface area contributed by atoms with Crippen LogP contribution in [0.15, 0.2) is 48.0 Å². The van der Waals surface area contributed by atoms with E-state index in [4.69, 9.17) is 32.4 Å². The zero-order valence-electron chi connectivity index (χ0n) is 18.5. The molecule has 0 bridgehead atoms. The Bertz CT molecular complexity index is 1030. The number of nitriles is 1. The van der Waals surface area contributed by atoms with Gasteiger partial charge in [0, 0.05) is 42.5 Å². The van der Waals surface area contributed by atoms with Crippen LogP contribution in [-0.4, -0.2) is 61.9 Å². The van der Waals surface area contributed by atoms with E-state index in [1.807, 2.05) is 18.2 Å². The molecule has 2 aromatic carbocycles. The molecule has 7 nitrogen and oxygen atoms in total. The highest BCUT2D eigenvalue weighted by Crippen LogP contribution is 2.28. The Morgan fingerprint density at radius 3 is 2.64 bits per heavy atom. The van der Waals surface area contributed by atoms with Gasteiger partial charge in [-0.1, -0.05) is 17.7 Å². The number of piperazine rings is 1. The average molecular weight is 469 g/mol. The minimum Gasteiger partial charge on any atom is -0.488 e. The first-order valence-electron chi connectivity index (χ1n) is 11.0. The zero-order valence-corrected chi connectivity index (χ0v) is 19.3. The molecule has 0 spiro atoms. The van der Waals surface area contributed by atoms with Gasteiger partial charge in [-0.15, -0.1) is 0 Å². The number of rotatable bonds is 6. The van der Waals surface area contributed by atoms with E-state index in [0.717, 1.165) is 51.3 Å². The summed E-state index contributed by atoms with van der Waals surface area (Å²) in [7, 11) is 0. The Kier molecular flexibility index (Phi) is 9.14. The molecule has 4 rings (SSSR count). The number of fused-ring (bicyclic) bond motifs is 1. The van der Waals surface area contributed by atoms with Gasteiger partial charge in [0.05, 0.1) is 17.2 Å². The van der Waals surface area contributed by atoms with E-state index in [2.05, 4.69) is 21.9 Å². The summed E-state index contributed by atoms with van der Waals surface area (Å²) in [6, 6.07) is 15.2. The van der Waals surface area contributed by atoms with E-state index in [-0.39, 0.29) is 12.2 Å². The summed E-state index contributed by atoms with van der Waals surface area (Å²) in [4.78, 5) is 15.5. The van der Waals surface area contributed by atoms with Crippen LogP contribution in [-0.2, 0) is 4.79 Å². The first-order valence-corrected chi connectivity index (χ1v) is 11.4. The van der Waals surface area contributed by atoms with Crippen molar-refractivity contribution < 1.29 is 14.6 Å². The summed E-state index contributed by atoms with van der Waals surface area (Å²) in [5.74, 6) is -0.296. The monoisotopic (exact) mass is 468 g/mol. The van der Waals surface area contributed by atoms with Crippen LogP contribution >= 0.6 is 11.6 Å². The highest BCUT2D eigenvalue weighted by atomic mass is 35.5. The molecule has 0 saturated carbocycles. The summed E-state index contributed by atoms with van der Waals surface area (Å²) in [5.41, 5.74) is 8.37. The fourth-order valence-electron chi connectivity index (χ4n) is 3.75. The average Bonchev–Trinajstić information content (AvgIpc) is 2.84. The van der Waals surface area contributed by atoms with Crippen molar-refractivity contribution in [3.63, 3.8) is 0 Å². The molecule has 33 heavy (non-hydrogen) atoms. The third kappa shape index (κ3) is 7.22. The lowest BCUT2D eigenvalue weighted by Gasteiger charge is -2.36. The van der Waals surface area contributed by atoms with Gasteiger partial charge >= 0.3 is 5.97 Å². The Morgan fingerprint density at radius 2 is 1.94 bits per heavy atom. The molecule has 0 unspecified atom stereocenters. The molecule has 0 atom stereocenters. The number of halogens is 1. The van der Waals surface area contributed by atoms with Crippen molar-refractivity contribution in [2.75, 3.05) is 50.8 Å². The van der Waals surface area contributed by atoms with Crippen LogP contribution in [0.4, 0.5) is 5.69 Å². The van der Waals surface area contributed by atoms with Crippen molar-refractivity contribution in [1.29, 1.82) is 5.26 Å². The molecular formula is C25H29ClN4O3. The predicted octanol–water partition coefficient (Wildman–Crippen LogP) is 3.62. The first-order chi connectivity index (χ1) is 16.0. The van der Waals surface area contributed by atoms with Crippen molar-refractivity contribution in [2.45, 2.75) is 12.8 Å². The topological polar surface area (TPSA) is 103 Å². The molecule has 2 aliphatic heterocycles. The highest BCUT2D eigenvalue weighted by molar-refractivity contribution is 6.30. The quantitative estimate of drug-likeness (QED) is 0.624. The van der Waals surface area contributed by atoms with Crippen LogP contribution in [0.3, 0.4) is 0 Å². The second-order valence-corrected chi connectivity index (χ2v) is 8.37. The van der Waals surface area contributed by atoms with E-state index in [0.29, 0.717) is 16.3 Å². The molecule has 0 amide bonds. The van der Waals surface area contributed by atoms with Gasteiger partial charge in [0.2, 0.25) is 0 Å². The maximum Gasteiger partial charge on any atom is 0.335 e. The maximum absolute atomic E-state index is 10.7. The first kappa shape index (κ1) is 24.6. The Labute approximate surface area is 199 Å². The Morgan fingerprint density at radius 1 is 1.15 bits per heavy atom. The van der Waals surface area contributed by atoms with Crippen molar-refractivity contribution in [3.8, 4) is 11.8 Å². The normalized spacial score (nSPS) is 15.3. The molecule has 0 aliphatic carbocycles. The smallest absolute Gasteiger partial charge is 0.335 e. The van der Waals surface area contributed by atoms with Crippen molar-refractivity contribution in [1.82, 2.24) is 4.90 Å². The number of unbranched alkanes of at least 4 members (excludes halogenated alkanes) is 1. The molecule has 0 radical (unpaired) electrons. The number of carbonyl (C=O) groups is 1. The Balaban J connectivity index is 0.000000194. The SMILES string of the molecule is N#Cc1cccc(N2CCN(CCCCN)CC2)c1.O=C(O)C1=Cc2cc(Cl)ccc2OC1. The molecule has 8 heteroatoms. The summed E-state index contributed by atoms with van der Waals surface area (Å²) >= 11 is 5.77. The zero-order chi connectivity index (χ0) is 23.6. The number of carboxylic acid groups (broad SMARTS) is 1. The number of carboxylic acids is 1. The van der Waals surface area contributed by atoms with E-state index >= 15 is 0 Å². The van der Waals surface area contributed by atoms with Crippen molar-refractivity contribution >= 4 is 29.3 Å². The largest absolute Gasteiger partial charge is 0.488 e.